The van der Waals surface area contributed by atoms with E-state index in [2.05, 4.69) is 9.97 Å². The van der Waals surface area contributed by atoms with E-state index in [1.54, 1.807) is 50.4 Å². The van der Waals surface area contributed by atoms with Crippen molar-refractivity contribution in [1.29, 1.82) is 0 Å². The van der Waals surface area contributed by atoms with Crippen molar-refractivity contribution < 1.29 is 17.3 Å². The molecule has 0 aliphatic rings. The van der Waals surface area contributed by atoms with Crippen LogP contribution in [-0.4, -0.2) is 42.4 Å². The smallest absolute Gasteiger partial charge is 0.385 e. The normalized spacial score (nSPS) is 11.5. The van der Waals surface area contributed by atoms with Gasteiger partial charge in [0.2, 0.25) is 5.95 Å². The first-order valence-electron chi connectivity index (χ1n) is 10.9. The predicted molar refractivity (Wildman–Crippen MR) is 134 cm³/mol. The monoisotopic (exact) mass is 486 g/mol. The largest absolute Gasteiger partial charge is 0.493 e. The van der Waals surface area contributed by atoms with Crippen molar-refractivity contribution in [2.45, 2.75) is 27.2 Å². The predicted octanol–water partition coefficient (Wildman–Crippen LogP) is 2.85. The van der Waals surface area contributed by atoms with Gasteiger partial charge in [0.25, 0.3) is 0 Å². The van der Waals surface area contributed by atoms with E-state index < -0.39 is 10.3 Å². The average Bonchev–Trinajstić information content (AvgIpc) is 2.77. The molecule has 10 nitrogen and oxygen atoms in total. The molecule has 0 aliphatic heterocycles. The Balaban J connectivity index is 2.19. The molecule has 0 saturated heterocycles. The molecule has 0 bridgehead atoms. The van der Waals surface area contributed by atoms with E-state index in [0.717, 1.165) is 0 Å². The van der Waals surface area contributed by atoms with Crippen molar-refractivity contribution in [1.82, 2.24) is 14.3 Å². The lowest BCUT2D eigenvalue weighted by Gasteiger charge is -2.22. The molecule has 1 heterocycles. The van der Waals surface area contributed by atoms with Crippen LogP contribution in [0.25, 0.3) is 11.1 Å². The van der Waals surface area contributed by atoms with Gasteiger partial charge in [0.1, 0.15) is 11.6 Å². The molecule has 0 amide bonds. The number of benzene rings is 2. The van der Waals surface area contributed by atoms with Crippen molar-refractivity contribution in [3.63, 3.8) is 0 Å². The topological polar surface area (TPSA) is 160 Å². The van der Waals surface area contributed by atoms with Gasteiger partial charge in [-0.15, -0.1) is 0 Å². The summed E-state index contributed by atoms with van der Waals surface area (Å²) < 4.78 is 38.9. The minimum absolute atomic E-state index is 0.0734. The molecule has 0 saturated carbocycles. The number of ether oxygens (including phenoxy) is 1. The summed E-state index contributed by atoms with van der Waals surface area (Å²) >= 11 is 0. The summed E-state index contributed by atoms with van der Waals surface area (Å²) in [5, 5.41) is 0. The zero-order valence-electron chi connectivity index (χ0n) is 19.5. The van der Waals surface area contributed by atoms with Crippen LogP contribution >= 0.6 is 0 Å². The van der Waals surface area contributed by atoms with E-state index in [0.29, 0.717) is 46.7 Å². The number of hydrogen-bond acceptors (Lipinski definition) is 9. The Kier molecular flexibility index (Phi) is 7.79. The fourth-order valence-corrected chi connectivity index (χ4v) is 4.61. The molecule has 0 atom stereocenters. The van der Waals surface area contributed by atoms with Crippen LogP contribution in [-0.2, 0) is 16.7 Å². The van der Waals surface area contributed by atoms with Gasteiger partial charge in [0.15, 0.2) is 5.75 Å². The molecule has 3 rings (SSSR count). The van der Waals surface area contributed by atoms with E-state index in [-0.39, 0.29) is 30.6 Å². The Hall–Kier alpha value is -3.57. The zero-order valence-corrected chi connectivity index (χ0v) is 20.3. The van der Waals surface area contributed by atoms with Gasteiger partial charge >= 0.3 is 10.3 Å². The van der Waals surface area contributed by atoms with Gasteiger partial charge in [-0.2, -0.15) is 17.7 Å². The number of nitrogen functional groups attached to an aromatic ring is 3. The van der Waals surface area contributed by atoms with Crippen LogP contribution in [0, 0.1) is 0 Å². The molecule has 1 aromatic heterocycles. The lowest BCUT2D eigenvalue weighted by Crippen LogP contribution is -2.34. The van der Waals surface area contributed by atoms with E-state index in [1.165, 1.54) is 4.31 Å². The molecule has 2 aromatic carbocycles. The summed E-state index contributed by atoms with van der Waals surface area (Å²) in [5.41, 5.74) is 20.6. The second-order valence-corrected chi connectivity index (χ2v) is 9.00. The molecule has 0 fully saturated rings. The SMILES string of the molecule is CCOc1cc(Cc2cnc(N)nc2N)cc(OS(=O)(=O)N(CC)CC)c1-c1ccc(N)cc1. The van der Waals surface area contributed by atoms with Gasteiger partial charge in [-0.3, -0.25) is 0 Å². The maximum absolute atomic E-state index is 13.0. The average molecular weight is 487 g/mol. The summed E-state index contributed by atoms with van der Waals surface area (Å²) in [6.07, 6.45) is 1.86. The van der Waals surface area contributed by atoms with Gasteiger partial charge in [0.05, 0.1) is 12.2 Å². The van der Waals surface area contributed by atoms with Crippen molar-refractivity contribution >= 4 is 27.8 Å². The number of aromatic nitrogens is 2. The summed E-state index contributed by atoms with van der Waals surface area (Å²) in [6.45, 7) is 6.24. The van der Waals surface area contributed by atoms with Crippen LogP contribution in [0.15, 0.2) is 42.6 Å². The molecule has 0 spiro atoms. The highest BCUT2D eigenvalue weighted by Crippen LogP contribution is 2.41. The van der Waals surface area contributed by atoms with Crippen molar-refractivity contribution in [2.75, 3.05) is 36.9 Å². The Labute approximate surface area is 200 Å². The number of nitrogens with zero attached hydrogens (tertiary/aromatic N) is 3. The molecule has 182 valence electrons. The number of rotatable bonds is 10. The van der Waals surface area contributed by atoms with Gasteiger partial charge in [-0.05, 0) is 42.3 Å². The zero-order chi connectivity index (χ0) is 24.9. The lowest BCUT2D eigenvalue weighted by atomic mass is 9.98. The minimum Gasteiger partial charge on any atom is -0.493 e. The molecular weight excluding hydrogens is 456 g/mol. The number of nitrogens with two attached hydrogens (primary N) is 3. The van der Waals surface area contributed by atoms with Gasteiger partial charge in [0, 0.05) is 37.0 Å². The van der Waals surface area contributed by atoms with Crippen LogP contribution in [0.3, 0.4) is 0 Å². The molecule has 3 aromatic rings. The Morgan fingerprint density at radius 1 is 0.971 bits per heavy atom. The first kappa shape index (κ1) is 25.1. The summed E-state index contributed by atoms with van der Waals surface area (Å²) in [4.78, 5) is 8.00. The Morgan fingerprint density at radius 2 is 1.62 bits per heavy atom. The van der Waals surface area contributed by atoms with E-state index in [1.807, 2.05) is 13.0 Å². The van der Waals surface area contributed by atoms with Gasteiger partial charge < -0.3 is 26.1 Å². The molecular formula is C23H30N6O4S. The Morgan fingerprint density at radius 3 is 2.21 bits per heavy atom. The second kappa shape index (κ2) is 10.6. The standard InChI is InChI=1S/C23H30N6O4S/c1-4-29(5-2)34(30,31)33-20-13-15(11-17-14-27-23(26)28-22(17)25)12-19(32-6-3)21(20)16-7-9-18(24)10-8-16/h7-10,12-14H,4-6,11,24H2,1-3H3,(H4,25,26,27,28). The number of hydrogen-bond donors (Lipinski definition) is 3. The van der Waals surface area contributed by atoms with Crippen molar-refractivity contribution in [3.05, 3.63) is 53.7 Å². The molecule has 0 radical (unpaired) electrons. The maximum Gasteiger partial charge on any atom is 0.385 e. The van der Waals surface area contributed by atoms with E-state index >= 15 is 0 Å². The van der Waals surface area contributed by atoms with Gasteiger partial charge in [-0.1, -0.05) is 26.0 Å². The van der Waals surface area contributed by atoms with Crippen LogP contribution < -0.4 is 26.1 Å². The minimum atomic E-state index is -4.06. The molecule has 0 unspecified atom stereocenters. The van der Waals surface area contributed by atoms with Crippen molar-refractivity contribution in [2.24, 2.45) is 0 Å². The summed E-state index contributed by atoms with van der Waals surface area (Å²) in [7, 11) is -4.06. The van der Waals surface area contributed by atoms with E-state index in [9.17, 15) is 8.42 Å². The highest BCUT2D eigenvalue weighted by atomic mass is 32.2. The fourth-order valence-electron chi connectivity index (χ4n) is 3.51. The fraction of sp³-hybridized carbons (Fsp3) is 0.304. The van der Waals surface area contributed by atoms with E-state index in [4.69, 9.17) is 26.1 Å². The lowest BCUT2D eigenvalue weighted by molar-refractivity contribution is 0.339. The molecule has 0 aliphatic carbocycles. The third-order valence-corrected chi connectivity index (χ3v) is 6.69. The van der Waals surface area contributed by atoms with Gasteiger partial charge in [-0.25, -0.2) is 4.98 Å². The summed E-state index contributed by atoms with van der Waals surface area (Å²) in [5.74, 6) is 0.910. The second-order valence-electron chi connectivity index (χ2n) is 7.46. The van der Waals surface area contributed by atoms with Crippen LogP contribution in [0.5, 0.6) is 11.5 Å². The molecule has 34 heavy (non-hydrogen) atoms. The summed E-state index contributed by atoms with van der Waals surface area (Å²) in [6, 6.07) is 10.5. The quantitative estimate of drug-likeness (QED) is 0.366. The van der Waals surface area contributed by atoms with Crippen molar-refractivity contribution in [3.8, 4) is 22.6 Å². The Bertz CT molecular complexity index is 1250. The first-order chi connectivity index (χ1) is 16.2. The molecule has 6 N–H and O–H groups in total. The number of anilines is 3. The third kappa shape index (κ3) is 5.67. The third-order valence-electron chi connectivity index (χ3n) is 5.15. The van der Waals surface area contributed by atoms with Crippen LogP contribution in [0.1, 0.15) is 31.9 Å². The highest BCUT2D eigenvalue weighted by Gasteiger charge is 2.25. The molecule has 11 heteroatoms. The van der Waals surface area contributed by atoms with Crippen LogP contribution in [0.4, 0.5) is 17.5 Å². The van der Waals surface area contributed by atoms with Crippen LogP contribution in [0.2, 0.25) is 0 Å². The maximum atomic E-state index is 13.0. The highest BCUT2D eigenvalue weighted by molar-refractivity contribution is 7.84. The first-order valence-corrected chi connectivity index (χ1v) is 12.3.